The fraction of sp³-hybridized carbons (Fsp3) is 0.409. The van der Waals surface area contributed by atoms with E-state index in [1.807, 2.05) is 43.3 Å². The van der Waals surface area contributed by atoms with Gasteiger partial charge in [-0.05, 0) is 55.0 Å². The van der Waals surface area contributed by atoms with Crippen molar-refractivity contribution in [2.45, 2.75) is 39.0 Å². The molecule has 1 N–H and O–H groups in total. The predicted octanol–water partition coefficient (Wildman–Crippen LogP) is 4.09. The molecule has 1 atom stereocenters. The summed E-state index contributed by atoms with van der Waals surface area (Å²) >= 11 is 0. The number of nitrogens with zero attached hydrogens (tertiary/aromatic N) is 2. The molecule has 5 nitrogen and oxygen atoms in total. The van der Waals surface area contributed by atoms with Crippen LogP contribution in [-0.2, 0) is 4.79 Å². The summed E-state index contributed by atoms with van der Waals surface area (Å²) in [5, 5.41) is 2.92. The lowest BCUT2D eigenvalue weighted by Crippen LogP contribution is -2.38. The molecule has 27 heavy (non-hydrogen) atoms. The number of anilines is 1. The summed E-state index contributed by atoms with van der Waals surface area (Å²) in [6.45, 7) is 5.32. The molecule has 0 saturated carbocycles. The van der Waals surface area contributed by atoms with Crippen LogP contribution in [0, 0.1) is 5.92 Å². The molecule has 1 aromatic heterocycles. The lowest BCUT2D eigenvalue weighted by Gasteiger charge is -2.32. The summed E-state index contributed by atoms with van der Waals surface area (Å²) in [6, 6.07) is 11.4. The van der Waals surface area contributed by atoms with Crippen molar-refractivity contribution < 1.29 is 9.59 Å². The second-order valence-electron chi connectivity index (χ2n) is 7.19. The fourth-order valence-electron chi connectivity index (χ4n) is 3.44. The zero-order valence-electron chi connectivity index (χ0n) is 16.0. The zero-order valence-corrected chi connectivity index (χ0v) is 16.0. The Morgan fingerprint density at radius 1 is 1.15 bits per heavy atom. The van der Waals surface area contributed by atoms with Crippen molar-refractivity contribution >= 4 is 17.5 Å². The van der Waals surface area contributed by atoms with E-state index in [0.29, 0.717) is 17.2 Å². The van der Waals surface area contributed by atoms with Gasteiger partial charge in [0.15, 0.2) is 0 Å². The molecule has 1 aromatic carbocycles. The molecule has 0 bridgehead atoms. The van der Waals surface area contributed by atoms with Gasteiger partial charge >= 0.3 is 0 Å². The lowest BCUT2D eigenvalue weighted by molar-refractivity contribution is -0.119. The normalized spacial score (nSPS) is 16.0. The van der Waals surface area contributed by atoms with E-state index in [2.05, 4.69) is 22.4 Å². The van der Waals surface area contributed by atoms with E-state index in [9.17, 15) is 9.59 Å². The number of likely N-dealkylation sites (tertiary alicyclic amines) is 1. The lowest BCUT2D eigenvalue weighted by atomic mass is 9.90. The van der Waals surface area contributed by atoms with E-state index in [4.69, 9.17) is 0 Å². The Morgan fingerprint density at radius 2 is 1.81 bits per heavy atom. The number of benzene rings is 1. The molecule has 0 aliphatic carbocycles. The highest BCUT2D eigenvalue weighted by molar-refractivity contribution is 6.04. The maximum Gasteiger partial charge on any atom is 0.255 e. The molecular weight excluding hydrogens is 338 g/mol. The SMILES string of the molecule is CCC(C)C(=O)Nc1ccccc1C(=O)N1CCC(c2ccncc2)CC1. The van der Waals surface area contributed by atoms with Gasteiger partial charge in [-0.3, -0.25) is 14.6 Å². The van der Waals surface area contributed by atoms with Gasteiger partial charge in [-0.25, -0.2) is 0 Å². The van der Waals surface area contributed by atoms with Crippen molar-refractivity contribution in [3.63, 3.8) is 0 Å². The number of carbonyl (C=O) groups excluding carboxylic acids is 2. The highest BCUT2D eigenvalue weighted by Gasteiger charge is 2.26. The first kappa shape index (κ1) is 19.1. The van der Waals surface area contributed by atoms with Crippen LogP contribution in [0.2, 0.25) is 0 Å². The molecule has 1 aliphatic rings. The number of aromatic nitrogens is 1. The summed E-state index contributed by atoms with van der Waals surface area (Å²) in [6.07, 6.45) is 6.30. The quantitative estimate of drug-likeness (QED) is 0.868. The summed E-state index contributed by atoms with van der Waals surface area (Å²) in [4.78, 5) is 31.3. The first-order valence-corrected chi connectivity index (χ1v) is 9.69. The molecule has 2 heterocycles. The molecule has 1 fully saturated rings. The molecule has 2 amide bonds. The molecule has 1 aliphatic heterocycles. The fourth-order valence-corrected chi connectivity index (χ4v) is 3.44. The van der Waals surface area contributed by atoms with E-state index in [1.54, 1.807) is 12.1 Å². The minimum Gasteiger partial charge on any atom is -0.339 e. The number of rotatable bonds is 5. The van der Waals surface area contributed by atoms with Gasteiger partial charge in [-0.2, -0.15) is 0 Å². The maximum absolute atomic E-state index is 13.0. The molecule has 1 unspecified atom stereocenters. The van der Waals surface area contributed by atoms with Crippen LogP contribution in [0.15, 0.2) is 48.8 Å². The first-order chi connectivity index (χ1) is 13.1. The van der Waals surface area contributed by atoms with Crippen LogP contribution in [0.5, 0.6) is 0 Å². The molecule has 1 saturated heterocycles. The standard InChI is InChI=1S/C22H27N3O2/c1-3-16(2)21(26)24-20-7-5-4-6-19(20)22(27)25-14-10-18(11-15-25)17-8-12-23-13-9-17/h4-9,12-13,16,18H,3,10-11,14-15H2,1-2H3,(H,24,26). The van der Waals surface area contributed by atoms with E-state index < -0.39 is 0 Å². The summed E-state index contributed by atoms with van der Waals surface area (Å²) in [5.41, 5.74) is 2.46. The number of nitrogens with one attached hydrogen (secondary N) is 1. The molecule has 142 valence electrons. The molecule has 0 radical (unpaired) electrons. The third-order valence-electron chi connectivity index (χ3n) is 5.43. The average Bonchev–Trinajstić information content (AvgIpc) is 2.73. The van der Waals surface area contributed by atoms with Gasteiger partial charge in [0.05, 0.1) is 11.3 Å². The Kier molecular flexibility index (Phi) is 6.22. The number of hydrogen-bond acceptors (Lipinski definition) is 3. The smallest absolute Gasteiger partial charge is 0.255 e. The van der Waals surface area contributed by atoms with Crippen LogP contribution >= 0.6 is 0 Å². The van der Waals surface area contributed by atoms with Crippen molar-refractivity contribution in [3.8, 4) is 0 Å². The van der Waals surface area contributed by atoms with Gasteiger partial charge in [-0.15, -0.1) is 0 Å². The highest BCUT2D eigenvalue weighted by Crippen LogP contribution is 2.29. The van der Waals surface area contributed by atoms with E-state index in [-0.39, 0.29) is 17.7 Å². The van der Waals surface area contributed by atoms with Crippen molar-refractivity contribution in [2.24, 2.45) is 5.92 Å². The van der Waals surface area contributed by atoms with Gasteiger partial charge in [0.2, 0.25) is 5.91 Å². The third kappa shape index (κ3) is 4.54. The largest absolute Gasteiger partial charge is 0.339 e. The molecule has 3 rings (SSSR count). The molecule has 2 aromatic rings. The van der Waals surface area contributed by atoms with Crippen LogP contribution in [0.3, 0.4) is 0 Å². The Morgan fingerprint density at radius 3 is 2.48 bits per heavy atom. The van der Waals surface area contributed by atoms with E-state index >= 15 is 0 Å². The van der Waals surface area contributed by atoms with Gasteiger partial charge in [-0.1, -0.05) is 26.0 Å². The van der Waals surface area contributed by atoms with Crippen LogP contribution in [0.1, 0.15) is 54.9 Å². The number of hydrogen-bond donors (Lipinski definition) is 1. The first-order valence-electron chi connectivity index (χ1n) is 9.69. The molecule has 5 heteroatoms. The number of para-hydroxylation sites is 1. The maximum atomic E-state index is 13.0. The number of piperidine rings is 1. The minimum atomic E-state index is -0.0794. The van der Waals surface area contributed by atoms with E-state index in [1.165, 1.54) is 5.56 Å². The predicted molar refractivity (Wildman–Crippen MR) is 107 cm³/mol. The Bertz CT molecular complexity index is 783. The highest BCUT2D eigenvalue weighted by atomic mass is 16.2. The number of carbonyl (C=O) groups is 2. The zero-order chi connectivity index (χ0) is 19.2. The molecule has 0 spiro atoms. The Balaban J connectivity index is 1.67. The second kappa shape index (κ2) is 8.80. The van der Waals surface area contributed by atoms with Crippen molar-refractivity contribution in [1.29, 1.82) is 0 Å². The summed E-state index contributed by atoms with van der Waals surface area (Å²) in [7, 11) is 0. The Labute approximate surface area is 160 Å². The monoisotopic (exact) mass is 365 g/mol. The van der Waals surface area contributed by atoms with Crippen molar-refractivity contribution in [1.82, 2.24) is 9.88 Å². The number of amides is 2. The number of pyridine rings is 1. The van der Waals surface area contributed by atoms with Gasteiger partial charge in [0.1, 0.15) is 0 Å². The van der Waals surface area contributed by atoms with Gasteiger partial charge in [0, 0.05) is 31.4 Å². The van der Waals surface area contributed by atoms with E-state index in [0.717, 1.165) is 32.4 Å². The van der Waals surface area contributed by atoms with Crippen LogP contribution in [0.4, 0.5) is 5.69 Å². The molecular formula is C22H27N3O2. The van der Waals surface area contributed by atoms with Crippen molar-refractivity contribution in [2.75, 3.05) is 18.4 Å². The minimum absolute atomic E-state index is 0.0109. The summed E-state index contributed by atoms with van der Waals surface area (Å²) in [5.74, 6) is 0.332. The third-order valence-corrected chi connectivity index (χ3v) is 5.43. The second-order valence-corrected chi connectivity index (χ2v) is 7.19. The average molecular weight is 365 g/mol. The summed E-state index contributed by atoms with van der Waals surface area (Å²) < 4.78 is 0. The Hall–Kier alpha value is -2.69. The van der Waals surface area contributed by atoms with Gasteiger partial charge < -0.3 is 10.2 Å². The van der Waals surface area contributed by atoms with Crippen LogP contribution in [-0.4, -0.2) is 34.8 Å². The topological polar surface area (TPSA) is 62.3 Å². The van der Waals surface area contributed by atoms with Crippen LogP contribution < -0.4 is 5.32 Å². The van der Waals surface area contributed by atoms with Crippen molar-refractivity contribution in [3.05, 3.63) is 59.9 Å². The van der Waals surface area contributed by atoms with Crippen LogP contribution in [0.25, 0.3) is 0 Å². The van der Waals surface area contributed by atoms with Gasteiger partial charge in [0.25, 0.3) is 5.91 Å².